The third-order valence-corrected chi connectivity index (χ3v) is 5.25. The van der Waals surface area contributed by atoms with E-state index in [-0.39, 0.29) is 24.8 Å². The van der Waals surface area contributed by atoms with Crippen LogP contribution in [0.25, 0.3) is 21.9 Å². The van der Waals surface area contributed by atoms with E-state index in [0.29, 0.717) is 5.56 Å². The van der Waals surface area contributed by atoms with Gasteiger partial charge in [-0.25, -0.2) is 8.42 Å². The highest BCUT2D eigenvalue weighted by Crippen LogP contribution is 2.26. The molecule has 0 aliphatic carbocycles. The Bertz CT molecular complexity index is 1090. The Hall–Kier alpha value is -2.70. The lowest BCUT2D eigenvalue weighted by Gasteiger charge is -2.08. The predicted octanol–water partition coefficient (Wildman–Crippen LogP) is 2.77. The summed E-state index contributed by atoms with van der Waals surface area (Å²) in [6, 6.07) is 19.1. The second kappa shape index (κ2) is 7.90. The molecule has 3 rings (SSSR count). The van der Waals surface area contributed by atoms with Gasteiger partial charge < -0.3 is 10.4 Å². The van der Waals surface area contributed by atoms with Gasteiger partial charge in [0, 0.05) is 18.4 Å². The van der Waals surface area contributed by atoms with Crippen molar-refractivity contribution < 1.29 is 18.3 Å². The Labute approximate surface area is 158 Å². The zero-order chi connectivity index (χ0) is 19.4. The molecule has 27 heavy (non-hydrogen) atoms. The van der Waals surface area contributed by atoms with E-state index >= 15 is 0 Å². The van der Waals surface area contributed by atoms with E-state index in [0.717, 1.165) is 33.7 Å². The van der Waals surface area contributed by atoms with Crippen LogP contribution in [0.1, 0.15) is 15.9 Å². The first kappa shape index (κ1) is 19.1. The van der Waals surface area contributed by atoms with Gasteiger partial charge in [0.15, 0.2) is 0 Å². The largest absolute Gasteiger partial charge is 0.392 e. The van der Waals surface area contributed by atoms with Gasteiger partial charge in [-0.1, -0.05) is 36.4 Å². The molecular formula is C21H21NO4S. The van der Waals surface area contributed by atoms with Crippen molar-refractivity contribution in [3.05, 3.63) is 71.8 Å². The molecule has 3 aromatic carbocycles. The quantitative estimate of drug-likeness (QED) is 0.686. The molecule has 0 aliphatic rings. The van der Waals surface area contributed by atoms with Gasteiger partial charge in [0.25, 0.3) is 5.91 Å². The van der Waals surface area contributed by atoms with Crippen LogP contribution in [-0.4, -0.2) is 38.0 Å². The van der Waals surface area contributed by atoms with E-state index < -0.39 is 9.84 Å². The maximum Gasteiger partial charge on any atom is 0.251 e. The number of rotatable bonds is 6. The van der Waals surface area contributed by atoms with Gasteiger partial charge in [0.2, 0.25) is 0 Å². The fourth-order valence-corrected chi connectivity index (χ4v) is 3.34. The minimum atomic E-state index is -3.10. The van der Waals surface area contributed by atoms with Crippen LogP contribution in [-0.2, 0) is 16.4 Å². The Morgan fingerprint density at radius 2 is 1.67 bits per heavy atom. The minimum Gasteiger partial charge on any atom is -0.392 e. The molecule has 0 radical (unpaired) electrons. The van der Waals surface area contributed by atoms with Crippen molar-refractivity contribution in [1.29, 1.82) is 0 Å². The fraction of sp³-hybridized carbons (Fsp3) is 0.190. The Morgan fingerprint density at radius 1 is 0.963 bits per heavy atom. The molecule has 6 heteroatoms. The Kier molecular flexibility index (Phi) is 5.58. The van der Waals surface area contributed by atoms with Crippen molar-refractivity contribution in [2.24, 2.45) is 0 Å². The molecule has 1 amide bonds. The fourth-order valence-electron chi connectivity index (χ4n) is 2.87. The number of amides is 1. The first-order valence-corrected chi connectivity index (χ1v) is 10.6. The first-order valence-electron chi connectivity index (χ1n) is 8.56. The Balaban J connectivity index is 1.81. The van der Waals surface area contributed by atoms with E-state index in [1.165, 1.54) is 0 Å². The molecule has 5 nitrogen and oxygen atoms in total. The average molecular weight is 383 g/mol. The zero-order valence-corrected chi connectivity index (χ0v) is 15.8. The van der Waals surface area contributed by atoms with Crippen molar-refractivity contribution in [3.8, 4) is 11.1 Å². The van der Waals surface area contributed by atoms with Crippen LogP contribution in [0.4, 0.5) is 0 Å². The number of aliphatic hydroxyl groups is 1. The molecule has 2 N–H and O–H groups in total. The van der Waals surface area contributed by atoms with Gasteiger partial charge in [-0.15, -0.1) is 0 Å². The summed E-state index contributed by atoms with van der Waals surface area (Å²) in [6.07, 6.45) is 1.14. The average Bonchev–Trinajstić information content (AvgIpc) is 2.66. The van der Waals surface area contributed by atoms with E-state index in [2.05, 4.69) is 5.32 Å². The summed E-state index contributed by atoms with van der Waals surface area (Å²) in [5.74, 6) is -0.372. The molecule has 0 saturated heterocycles. The van der Waals surface area contributed by atoms with Crippen LogP contribution in [0.2, 0.25) is 0 Å². The number of carbonyl (C=O) groups excluding carboxylic acids is 1. The zero-order valence-electron chi connectivity index (χ0n) is 15.0. The molecule has 0 heterocycles. The SMILES string of the molecule is CS(=O)(=O)CCNC(=O)c1ccc2cc(-c3cccc(CO)c3)ccc2c1. The molecule has 0 atom stereocenters. The minimum absolute atomic E-state index is 0.000769. The summed E-state index contributed by atoms with van der Waals surface area (Å²) in [5.41, 5.74) is 3.40. The van der Waals surface area contributed by atoms with E-state index in [9.17, 15) is 18.3 Å². The number of nitrogens with one attached hydrogen (secondary N) is 1. The van der Waals surface area contributed by atoms with Crippen LogP contribution in [0.15, 0.2) is 60.7 Å². The summed E-state index contributed by atoms with van der Waals surface area (Å²) >= 11 is 0. The lowest BCUT2D eigenvalue weighted by atomic mass is 9.98. The number of fused-ring (bicyclic) bond motifs is 1. The van der Waals surface area contributed by atoms with Gasteiger partial charge in [-0.05, 0) is 51.7 Å². The molecule has 0 aliphatic heterocycles. The summed E-state index contributed by atoms with van der Waals surface area (Å²) in [7, 11) is -3.10. The molecule has 0 aromatic heterocycles. The molecular weight excluding hydrogens is 362 g/mol. The molecule has 0 spiro atoms. The van der Waals surface area contributed by atoms with Gasteiger partial charge >= 0.3 is 0 Å². The Morgan fingerprint density at radius 3 is 2.41 bits per heavy atom. The molecule has 0 bridgehead atoms. The molecule has 0 saturated carbocycles. The molecule has 0 unspecified atom stereocenters. The number of aliphatic hydroxyl groups excluding tert-OH is 1. The number of benzene rings is 3. The van der Waals surface area contributed by atoms with Crippen LogP contribution in [0.3, 0.4) is 0 Å². The van der Waals surface area contributed by atoms with E-state index in [1.54, 1.807) is 12.1 Å². The highest BCUT2D eigenvalue weighted by Gasteiger charge is 2.09. The van der Waals surface area contributed by atoms with Gasteiger partial charge in [0.05, 0.1) is 12.4 Å². The van der Waals surface area contributed by atoms with Crippen molar-refractivity contribution in [2.45, 2.75) is 6.61 Å². The normalized spacial score (nSPS) is 11.5. The topological polar surface area (TPSA) is 83.5 Å². The van der Waals surface area contributed by atoms with E-state index in [1.807, 2.05) is 48.5 Å². The lowest BCUT2D eigenvalue weighted by molar-refractivity contribution is 0.0956. The van der Waals surface area contributed by atoms with Crippen molar-refractivity contribution >= 4 is 26.5 Å². The predicted molar refractivity (Wildman–Crippen MR) is 107 cm³/mol. The van der Waals surface area contributed by atoms with Gasteiger partial charge in [0.1, 0.15) is 9.84 Å². The van der Waals surface area contributed by atoms with E-state index in [4.69, 9.17) is 0 Å². The summed E-state index contributed by atoms with van der Waals surface area (Å²) in [4.78, 5) is 12.2. The highest BCUT2D eigenvalue weighted by molar-refractivity contribution is 7.90. The molecule has 140 valence electrons. The van der Waals surface area contributed by atoms with Crippen molar-refractivity contribution in [3.63, 3.8) is 0 Å². The smallest absolute Gasteiger partial charge is 0.251 e. The summed E-state index contributed by atoms with van der Waals surface area (Å²) in [6.45, 7) is 0.0923. The number of carbonyl (C=O) groups is 1. The standard InChI is InChI=1S/C21H21NO4S/c1-27(25,26)10-9-22-21(24)20-8-7-18-12-17(5-6-19(18)13-20)16-4-2-3-15(11-16)14-23/h2-8,11-13,23H,9-10,14H2,1H3,(H,22,24). The monoisotopic (exact) mass is 383 g/mol. The molecule has 3 aromatic rings. The maximum absolute atomic E-state index is 12.2. The van der Waals surface area contributed by atoms with Crippen molar-refractivity contribution in [1.82, 2.24) is 5.32 Å². The lowest BCUT2D eigenvalue weighted by Crippen LogP contribution is -2.28. The van der Waals surface area contributed by atoms with Crippen LogP contribution in [0, 0.1) is 0 Å². The third kappa shape index (κ3) is 4.93. The van der Waals surface area contributed by atoms with Gasteiger partial charge in [-0.3, -0.25) is 4.79 Å². The molecule has 0 fully saturated rings. The number of sulfone groups is 1. The maximum atomic E-state index is 12.2. The van der Waals surface area contributed by atoms with Crippen LogP contribution >= 0.6 is 0 Å². The van der Waals surface area contributed by atoms with Crippen molar-refractivity contribution in [2.75, 3.05) is 18.6 Å². The summed E-state index contributed by atoms with van der Waals surface area (Å²) in [5, 5.41) is 13.8. The first-order chi connectivity index (χ1) is 12.9. The number of hydrogen-bond acceptors (Lipinski definition) is 4. The second-order valence-corrected chi connectivity index (χ2v) is 8.78. The third-order valence-electron chi connectivity index (χ3n) is 4.30. The van der Waals surface area contributed by atoms with Crippen LogP contribution < -0.4 is 5.32 Å². The summed E-state index contributed by atoms with van der Waals surface area (Å²) < 4.78 is 22.3. The number of hydrogen-bond donors (Lipinski definition) is 2. The van der Waals surface area contributed by atoms with Crippen LogP contribution in [0.5, 0.6) is 0 Å². The van der Waals surface area contributed by atoms with Gasteiger partial charge in [-0.2, -0.15) is 0 Å². The second-order valence-electron chi connectivity index (χ2n) is 6.52. The highest BCUT2D eigenvalue weighted by atomic mass is 32.2.